The molecule has 8 heteroatoms. The average Bonchev–Trinajstić information content (AvgIpc) is 3.19. The molecule has 0 aliphatic carbocycles. The standard InChI is InChI=1S/C22H30N4O4/c1-3-19-22(16(2)24-30-19)18-6-4-5-17(23-18)20-15-26(11-14-29-20)21(27)7-8-25-9-12-28-13-10-25/h4-6,20H,3,7-15H2,1-2H3. The highest BCUT2D eigenvalue weighted by Crippen LogP contribution is 2.29. The van der Waals surface area contributed by atoms with Crippen molar-refractivity contribution >= 4 is 5.91 Å². The lowest BCUT2D eigenvalue weighted by molar-refractivity contribution is -0.139. The number of hydrogen-bond donors (Lipinski definition) is 0. The van der Waals surface area contributed by atoms with E-state index in [0.717, 1.165) is 67.7 Å². The Balaban J connectivity index is 1.42. The number of hydrogen-bond acceptors (Lipinski definition) is 7. The van der Waals surface area contributed by atoms with E-state index in [4.69, 9.17) is 19.0 Å². The van der Waals surface area contributed by atoms with Crippen molar-refractivity contribution in [3.8, 4) is 11.3 Å². The fourth-order valence-corrected chi connectivity index (χ4v) is 4.05. The van der Waals surface area contributed by atoms with Crippen LogP contribution < -0.4 is 0 Å². The van der Waals surface area contributed by atoms with E-state index in [0.29, 0.717) is 26.1 Å². The number of carbonyl (C=O) groups excluding carboxylic acids is 1. The van der Waals surface area contributed by atoms with Gasteiger partial charge in [-0.25, -0.2) is 4.98 Å². The number of rotatable bonds is 6. The molecule has 0 aromatic carbocycles. The molecule has 0 spiro atoms. The zero-order valence-electron chi connectivity index (χ0n) is 17.8. The molecule has 2 aromatic heterocycles. The van der Waals surface area contributed by atoms with Gasteiger partial charge < -0.3 is 18.9 Å². The molecule has 4 rings (SSSR count). The van der Waals surface area contributed by atoms with Gasteiger partial charge in [0.1, 0.15) is 11.9 Å². The summed E-state index contributed by atoms with van der Waals surface area (Å²) in [5, 5.41) is 4.09. The predicted molar refractivity (Wildman–Crippen MR) is 111 cm³/mol. The predicted octanol–water partition coefficient (Wildman–Crippen LogP) is 2.23. The third-order valence-electron chi connectivity index (χ3n) is 5.78. The quantitative estimate of drug-likeness (QED) is 0.717. The Morgan fingerprint density at radius 3 is 2.83 bits per heavy atom. The monoisotopic (exact) mass is 414 g/mol. The number of aryl methyl sites for hydroxylation is 2. The summed E-state index contributed by atoms with van der Waals surface area (Å²) in [6.07, 6.45) is 1.06. The van der Waals surface area contributed by atoms with Crippen molar-refractivity contribution in [2.45, 2.75) is 32.8 Å². The smallest absolute Gasteiger partial charge is 0.224 e. The molecule has 8 nitrogen and oxygen atoms in total. The lowest BCUT2D eigenvalue weighted by atomic mass is 10.1. The summed E-state index contributed by atoms with van der Waals surface area (Å²) in [6, 6.07) is 5.91. The zero-order valence-corrected chi connectivity index (χ0v) is 17.8. The van der Waals surface area contributed by atoms with Crippen LogP contribution in [-0.2, 0) is 20.7 Å². The van der Waals surface area contributed by atoms with Crippen LogP contribution in [0.1, 0.15) is 36.6 Å². The van der Waals surface area contributed by atoms with Gasteiger partial charge in [-0.2, -0.15) is 0 Å². The maximum absolute atomic E-state index is 12.8. The Bertz CT molecular complexity index is 863. The van der Waals surface area contributed by atoms with Crippen molar-refractivity contribution < 1.29 is 18.8 Å². The SMILES string of the molecule is CCc1onc(C)c1-c1cccc(C2CN(C(=O)CCN3CCOCC3)CCO2)n1. The molecule has 0 saturated carbocycles. The summed E-state index contributed by atoms with van der Waals surface area (Å²) < 4.78 is 16.8. The molecule has 2 saturated heterocycles. The van der Waals surface area contributed by atoms with Gasteiger partial charge in [-0.05, 0) is 19.1 Å². The fraction of sp³-hybridized carbons (Fsp3) is 0.591. The van der Waals surface area contributed by atoms with Crippen molar-refractivity contribution in [3.05, 3.63) is 35.3 Å². The number of amides is 1. The molecule has 0 radical (unpaired) electrons. The van der Waals surface area contributed by atoms with Crippen LogP contribution in [0.25, 0.3) is 11.3 Å². The second-order valence-electron chi connectivity index (χ2n) is 7.77. The van der Waals surface area contributed by atoms with Crippen molar-refractivity contribution in [2.24, 2.45) is 0 Å². The zero-order chi connectivity index (χ0) is 20.9. The Hall–Kier alpha value is -2.29. The molecular formula is C22H30N4O4. The lowest BCUT2D eigenvalue weighted by Crippen LogP contribution is -2.44. The van der Waals surface area contributed by atoms with E-state index < -0.39 is 0 Å². The van der Waals surface area contributed by atoms with E-state index >= 15 is 0 Å². The molecule has 2 aromatic rings. The van der Waals surface area contributed by atoms with Gasteiger partial charge in [-0.3, -0.25) is 9.69 Å². The Labute approximate surface area is 177 Å². The molecule has 0 bridgehead atoms. The number of pyridine rings is 1. The van der Waals surface area contributed by atoms with E-state index in [2.05, 4.69) is 10.1 Å². The molecular weight excluding hydrogens is 384 g/mol. The minimum absolute atomic E-state index is 0.175. The van der Waals surface area contributed by atoms with Gasteiger partial charge >= 0.3 is 0 Å². The average molecular weight is 415 g/mol. The highest BCUT2D eigenvalue weighted by molar-refractivity contribution is 5.76. The Morgan fingerprint density at radius 2 is 2.03 bits per heavy atom. The summed E-state index contributed by atoms with van der Waals surface area (Å²) in [4.78, 5) is 21.8. The third kappa shape index (κ3) is 4.71. The number of morpholine rings is 2. The first-order valence-electron chi connectivity index (χ1n) is 10.8. The number of nitrogens with zero attached hydrogens (tertiary/aromatic N) is 4. The van der Waals surface area contributed by atoms with Crippen molar-refractivity contribution in [3.63, 3.8) is 0 Å². The molecule has 1 amide bonds. The molecule has 1 unspecified atom stereocenters. The first-order chi connectivity index (χ1) is 14.7. The van der Waals surface area contributed by atoms with Gasteiger partial charge in [0, 0.05) is 39.0 Å². The third-order valence-corrected chi connectivity index (χ3v) is 5.78. The molecule has 2 aliphatic rings. The van der Waals surface area contributed by atoms with Crippen LogP contribution in [0.5, 0.6) is 0 Å². The Kier molecular flexibility index (Phi) is 6.76. The fourth-order valence-electron chi connectivity index (χ4n) is 4.05. The normalized spacial score (nSPS) is 20.5. The van der Waals surface area contributed by atoms with Crippen LogP contribution >= 0.6 is 0 Å². The maximum Gasteiger partial charge on any atom is 0.224 e. The van der Waals surface area contributed by atoms with Crippen LogP contribution in [0.4, 0.5) is 0 Å². The molecule has 2 fully saturated rings. The van der Waals surface area contributed by atoms with Crippen molar-refractivity contribution in [1.29, 1.82) is 0 Å². The van der Waals surface area contributed by atoms with Crippen LogP contribution in [0.3, 0.4) is 0 Å². The molecule has 162 valence electrons. The number of carbonyl (C=O) groups is 1. The minimum atomic E-state index is -0.226. The molecule has 2 aliphatic heterocycles. The first kappa shape index (κ1) is 21.0. The maximum atomic E-state index is 12.8. The second-order valence-corrected chi connectivity index (χ2v) is 7.77. The van der Waals surface area contributed by atoms with Crippen LogP contribution in [0, 0.1) is 6.92 Å². The molecule has 1 atom stereocenters. The summed E-state index contributed by atoms with van der Waals surface area (Å²) >= 11 is 0. The summed E-state index contributed by atoms with van der Waals surface area (Å²) in [6.45, 7) is 9.73. The van der Waals surface area contributed by atoms with E-state index in [-0.39, 0.29) is 12.0 Å². The minimum Gasteiger partial charge on any atom is -0.379 e. The van der Waals surface area contributed by atoms with Crippen molar-refractivity contribution in [2.75, 3.05) is 52.5 Å². The second kappa shape index (κ2) is 9.68. The van der Waals surface area contributed by atoms with Gasteiger partial charge in [0.05, 0.1) is 49.0 Å². The number of ether oxygens (including phenoxy) is 2. The summed E-state index contributed by atoms with van der Waals surface area (Å²) in [5.74, 6) is 1.01. The van der Waals surface area contributed by atoms with Gasteiger partial charge in [-0.15, -0.1) is 0 Å². The van der Waals surface area contributed by atoms with E-state index in [1.165, 1.54) is 0 Å². The van der Waals surface area contributed by atoms with Crippen LogP contribution in [0.2, 0.25) is 0 Å². The number of aromatic nitrogens is 2. The van der Waals surface area contributed by atoms with Gasteiger partial charge in [-0.1, -0.05) is 18.1 Å². The highest BCUT2D eigenvalue weighted by Gasteiger charge is 2.27. The van der Waals surface area contributed by atoms with Gasteiger partial charge in [0.15, 0.2) is 0 Å². The van der Waals surface area contributed by atoms with Gasteiger partial charge in [0.2, 0.25) is 5.91 Å². The first-order valence-corrected chi connectivity index (χ1v) is 10.8. The largest absolute Gasteiger partial charge is 0.379 e. The van der Waals surface area contributed by atoms with Crippen molar-refractivity contribution in [1.82, 2.24) is 19.9 Å². The highest BCUT2D eigenvalue weighted by atomic mass is 16.5. The molecule has 4 heterocycles. The topological polar surface area (TPSA) is 80.9 Å². The van der Waals surface area contributed by atoms with Crippen LogP contribution in [0.15, 0.2) is 22.7 Å². The molecule has 0 N–H and O–H groups in total. The Morgan fingerprint density at radius 1 is 1.20 bits per heavy atom. The van der Waals surface area contributed by atoms with E-state index in [1.54, 1.807) is 0 Å². The van der Waals surface area contributed by atoms with Gasteiger partial charge in [0.25, 0.3) is 0 Å². The summed E-state index contributed by atoms with van der Waals surface area (Å²) in [5.41, 5.74) is 3.46. The molecule has 30 heavy (non-hydrogen) atoms. The van der Waals surface area contributed by atoms with E-state index in [9.17, 15) is 4.79 Å². The summed E-state index contributed by atoms with van der Waals surface area (Å²) in [7, 11) is 0. The van der Waals surface area contributed by atoms with Crippen LogP contribution in [-0.4, -0.2) is 78.4 Å². The van der Waals surface area contributed by atoms with E-state index in [1.807, 2.05) is 36.9 Å². The lowest BCUT2D eigenvalue weighted by Gasteiger charge is -2.33.